The first kappa shape index (κ1) is 20.4. The predicted octanol–water partition coefficient (Wildman–Crippen LogP) is 5.50. The van der Waals surface area contributed by atoms with Crippen molar-refractivity contribution in [3.05, 3.63) is 65.7 Å². The minimum Gasteiger partial charge on any atom is -0.311 e. The smallest absolute Gasteiger partial charge is 0.0233 e. The molecule has 2 fully saturated rings. The summed E-state index contributed by atoms with van der Waals surface area (Å²) >= 11 is 4.08. The second-order valence-corrected chi connectivity index (χ2v) is 8.74. The topological polar surface area (TPSA) is 15.3 Å². The Morgan fingerprint density at radius 3 is 1.96 bits per heavy atom. The standard InChI is InChI=1S/C18H28N2.C6H6S/c1-14(2)16-5-3-15(4-6-16)13-20-11-9-18(10-12-20)19-17-7-8-17;7-6-4-2-1-3-5-6/h3-6,14,17-19H,7-13H2,1-2H3;1-5,7H. The summed E-state index contributed by atoms with van der Waals surface area (Å²) in [6.45, 7) is 8.13. The molecular formula is C24H34N2S. The number of hydrogen-bond acceptors (Lipinski definition) is 3. The fourth-order valence-corrected chi connectivity index (χ4v) is 3.71. The molecule has 2 aromatic carbocycles. The van der Waals surface area contributed by atoms with E-state index in [0.717, 1.165) is 23.5 Å². The van der Waals surface area contributed by atoms with Crippen molar-refractivity contribution in [3.63, 3.8) is 0 Å². The number of piperidine rings is 1. The van der Waals surface area contributed by atoms with E-state index in [0.29, 0.717) is 5.92 Å². The van der Waals surface area contributed by atoms with Crippen LogP contribution in [0.15, 0.2) is 59.5 Å². The zero-order valence-electron chi connectivity index (χ0n) is 16.8. The molecule has 1 N–H and O–H groups in total. The number of rotatable bonds is 5. The first-order valence-corrected chi connectivity index (χ1v) is 10.9. The zero-order valence-corrected chi connectivity index (χ0v) is 17.7. The van der Waals surface area contributed by atoms with Crippen LogP contribution in [0.2, 0.25) is 0 Å². The van der Waals surface area contributed by atoms with Gasteiger partial charge in [0.15, 0.2) is 0 Å². The second-order valence-electron chi connectivity index (χ2n) is 8.22. The Kier molecular flexibility index (Phi) is 7.81. The molecule has 2 nitrogen and oxygen atoms in total. The molecule has 0 bridgehead atoms. The van der Waals surface area contributed by atoms with Crippen LogP contribution < -0.4 is 5.32 Å². The van der Waals surface area contributed by atoms with Gasteiger partial charge in [-0.1, -0.05) is 56.3 Å². The Hall–Kier alpha value is -1.29. The largest absolute Gasteiger partial charge is 0.311 e. The lowest BCUT2D eigenvalue weighted by Gasteiger charge is -2.32. The number of benzene rings is 2. The first-order valence-electron chi connectivity index (χ1n) is 10.4. The molecule has 0 aromatic heterocycles. The molecule has 1 heterocycles. The summed E-state index contributed by atoms with van der Waals surface area (Å²) in [6.07, 6.45) is 5.45. The maximum atomic E-state index is 4.08. The van der Waals surface area contributed by atoms with Gasteiger partial charge in [-0.2, -0.15) is 0 Å². The maximum Gasteiger partial charge on any atom is 0.0233 e. The minimum atomic E-state index is 0.633. The molecule has 2 aliphatic rings. The van der Waals surface area contributed by atoms with Crippen molar-refractivity contribution in [3.8, 4) is 0 Å². The van der Waals surface area contributed by atoms with E-state index in [4.69, 9.17) is 0 Å². The van der Waals surface area contributed by atoms with Gasteiger partial charge in [-0.15, -0.1) is 12.6 Å². The number of nitrogens with zero attached hydrogens (tertiary/aromatic N) is 1. The summed E-state index contributed by atoms with van der Waals surface area (Å²) in [6, 6.07) is 20.6. The van der Waals surface area contributed by atoms with Crippen LogP contribution in [0, 0.1) is 0 Å². The van der Waals surface area contributed by atoms with E-state index < -0.39 is 0 Å². The van der Waals surface area contributed by atoms with Crippen molar-refractivity contribution in [2.24, 2.45) is 0 Å². The summed E-state index contributed by atoms with van der Waals surface area (Å²) in [5.74, 6) is 0.633. The Labute approximate surface area is 170 Å². The van der Waals surface area contributed by atoms with Gasteiger partial charge in [0.05, 0.1) is 0 Å². The molecule has 0 radical (unpaired) electrons. The van der Waals surface area contributed by atoms with Crippen molar-refractivity contribution < 1.29 is 0 Å². The number of nitrogens with one attached hydrogen (secondary N) is 1. The normalized spacial score (nSPS) is 18.2. The van der Waals surface area contributed by atoms with Gasteiger partial charge in [0.1, 0.15) is 0 Å². The first-order chi connectivity index (χ1) is 13.1. The predicted molar refractivity (Wildman–Crippen MR) is 119 cm³/mol. The van der Waals surface area contributed by atoms with E-state index in [1.807, 2.05) is 30.3 Å². The van der Waals surface area contributed by atoms with Crippen LogP contribution in [0.3, 0.4) is 0 Å². The highest BCUT2D eigenvalue weighted by Crippen LogP contribution is 2.23. The van der Waals surface area contributed by atoms with Gasteiger partial charge in [0.2, 0.25) is 0 Å². The Balaban J connectivity index is 0.000000253. The monoisotopic (exact) mass is 382 g/mol. The zero-order chi connectivity index (χ0) is 19.1. The lowest BCUT2D eigenvalue weighted by Crippen LogP contribution is -2.42. The highest BCUT2D eigenvalue weighted by atomic mass is 32.1. The fourth-order valence-electron chi connectivity index (χ4n) is 3.54. The fraction of sp³-hybridized carbons (Fsp3) is 0.500. The van der Waals surface area contributed by atoms with Crippen LogP contribution in [-0.4, -0.2) is 30.1 Å². The van der Waals surface area contributed by atoms with Gasteiger partial charge in [0.25, 0.3) is 0 Å². The van der Waals surface area contributed by atoms with E-state index in [1.54, 1.807) is 0 Å². The van der Waals surface area contributed by atoms with Crippen LogP contribution in [0.1, 0.15) is 56.6 Å². The van der Waals surface area contributed by atoms with Gasteiger partial charge in [-0.25, -0.2) is 0 Å². The minimum absolute atomic E-state index is 0.633. The Morgan fingerprint density at radius 1 is 0.889 bits per heavy atom. The average Bonchev–Trinajstić information content (AvgIpc) is 3.49. The van der Waals surface area contributed by atoms with Crippen molar-refractivity contribution in [1.82, 2.24) is 10.2 Å². The van der Waals surface area contributed by atoms with Crippen molar-refractivity contribution in [1.29, 1.82) is 0 Å². The molecule has 1 aliphatic heterocycles. The average molecular weight is 383 g/mol. The summed E-state index contributed by atoms with van der Waals surface area (Å²) in [4.78, 5) is 3.62. The third-order valence-corrected chi connectivity index (χ3v) is 5.74. The molecular weight excluding hydrogens is 348 g/mol. The third-order valence-electron chi connectivity index (χ3n) is 5.45. The van der Waals surface area contributed by atoms with Gasteiger partial charge in [-0.05, 0) is 68.0 Å². The number of likely N-dealkylation sites (tertiary alicyclic amines) is 1. The number of hydrogen-bond donors (Lipinski definition) is 2. The van der Waals surface area contributed by atoms with Gasteiger partial charge < -0.3 is 5.32 Å². The lowest BCUT2D eigenvalue weighted by atomic mass is 10.0. The van der Waals surface area contributed by atoms with E-state index in [2.05, 4.69) is 61.0 Å². The molecule has 0 amide bonds. The highest BCUT2D eigenvalue weighted by Gasteiger charge is 2.26. The lowest BCUT2D eigenvalue weighted by molar-refractivity contribution is 0.190. The van der Waals surface area contributed by atoms with Crippen LogP contribution >= 0.6 is 12.6 Å². The molecule has 0 unspecified atom stereocenters. The number of thiol groups is 1. The Bertz CT molecular complexity index is 657. The summed E-state index contributed by atoms with van der Waals surface area (Å²) in [7, 11) is 0. The second kappa shape index (κ2) is 10.3. The SMILES string of the molecule is CC(C)c1ccc(CN2CCC(NC3CC3)CC2)cc1.Sc1ccccc1. The van der Waals surface area contributed by atoms with Crippen LogP contribution in [0.25, 0.3) is 0 Å². The van der Waals surface area contributed by atoms with E-state index in [9.17, 15) is 0 Å². The Morgan fingerprint density at radius 2 is 1.48 bits per heavy atom. The van der Waals surface area contributed by atoms with Crippen molar-refractivity contribution in [2.45, 2.75) is 69.0 Å². The molecule has 1 aliphatic carbocycles. The molecule has 2 aromatic rings. The maximum absolute atomic E-state index is 4.08. The van der Waals surface area contributed by atoms with Crippen LogP contribution in [-0.2, 0) is 6.54 Å². The van der Waals surface area contributed by atoms with Crippen molar-refractivity contribution >= 4 is 12.6 Å². The van der Waals surface area contributed by atoms with Gasteiger partial charge in [-0.3, -0.25) is 4.90 Å². The molecule has 146 valence electrons. The summed E-state index contributed by atoms with van der Waals surface area (Å²) in [5.41, 5.74) is 2.91. The molecule has 4 rings (SSSR count). The molecule has 1 saturated heterocycles. The van der Waals surface area contributed by atoms with Crippen molar-refractivity contribution in [2.75, 3.05) is 13.1 Å². The molecule has 0 spiro atoms. The third kappa shape index (κ3) is 7.33. The quantitative estimate of drug-likeness (QED) is 0.664. The molecule has 27 heavy (non-hydrogen) atoms. The van der Waals surface area contributed by atoms with Gasteiger partial charge >= 0.3 is 0 Å². The summed E-state index contributed by atoms with van der Waals surface area (Å²) in [5, 5.41) is 3.77. The summed E-state index contributed by atoms with van der Waals surface area (Å²) < 4.78 is 0. The van der Waals surface area contributed by atoms with Crippen LogP contribution in [0.5, 0.6) is 0 Å². The molecule has 1 saturated carbocycles. The van der Waals surface area contributed by atoms with E-state index in [-0.39, 0.29) is 0 Å². The molecule has 3 heteroatoms. The highest BCUT2D eigenvalue weighted by molar-refractivity contribution is 7.80. The van der Waals surface area contributed by atoms with Gasteiger partial charge in [0, 0.05) is 23.5 Å². The van der Waals surface area contributed by atoms with Crippen LogP contribution in [0.4, 0.5) is 0 Å². The molecule has 0 atom stereocenters. The van der Waals surface area contributed by atoms with E-state index >= 15 is 0 Å². The van der Waals surface area contributed by atoms with E-state index in [1.165, 1.54) is 49.9 Å².